The minimum absolute atomic E-state index is 0.276. The molecule has 0 aliphatic heterocycles. The van der Waals surface area contributed by atoms with Crippen molar-refractivity contribution >= 4 is 23.3 Å². The van der Waals surface area contributed by atoms with E-state index in [1.165, 1.54) is 0 Å². The summed E-state index contributed by atoms with van der Waals surface area (Å²) in [5, 5.41) is 5.50. The maximum atomic E-state index is 11.6. The van der Waals surface area contributed by atoms with Crippen molar-refractivity contribution in [3.05, 3.63) is 24.0 Å². The molecule has 2 amide bonds. The van der Waals surface area contributed by atoms with Crippen LogP contribution in [-0.2, 0) is 0 Å². The van der Waals surface area contributed by atoms with Gasteiger partial charge in [0.1, 0.15) is 0 Å². The van der Waals surface area contributed by atoms with Gasteiger partial charge in [0.05, 0.1) is 11.9 Å². The van der Waals surface area contributed by atoms with E-state index in [9.17, 15) is 4.79 Å². The third-order valence-electron chi connectivity index (χ3n) is 2.07. The number of nitrogens with one attached hydrogen (secondary N) is 2. The Labute approximate surface area is 100 Å². The van der Waals surface area contributed by atoms with Crippen LogP contribution in [0.25, 0.3) is 0 Å². The predicted molar refractivity (Wildman–Crippen MR) is 65.9 cm³/mol. The number of halogens is 1. The minimum atomic E-state index is -0.429. The number of hydrogen-bond acceptors (Lipinski definition) is 2. The standard InChI is InChI=1S/C11H16ClN3O/c1-8-4-5-13-6-9(8)14-10(16)15-11(2,3)7-12/h4-6H,7H2,1-3H3,(H2,14,15,16). The van der Waals surface area contributed by atoms with Crippen molar-refractivity contribution in [1.82, 2.24) is 10.3 Å². The average Bonchev–Trinajstić information content (AvgIpc) is 2.21. The Morgan fingerprint density at radius 3 is 2.81 bits per heavy atom. The summed E-state index contributed by atoms with van der Waals surface area (Å²) in [6, 6.07) is 1.56. The van der Waals surface area contributed by atoms with Gasteiger partial charge in [-0.2, -0.15) is 0 Å². The molecule has 0 aromatic carbocycles. The fraction of sp³-hybridized carbons (Fsp3) is 0.455. The van der Waals surface area contributed by atoms with E-state index in [0.29, 0.717) is 11.6 Å². The quantitative estimate of drug-likeness (QED) is 0.799. The second kappa shape index (κ2) is 5.16. The SMILES string of the molecule is Cc1ccncc1NC(=O)NC(C)(C)CCl. The molecule has 0 bridgehead atoms. The van der Waals surface area contributed by atoms with Crippen LogP contribution in [-0.4, -0.2) is 22.4 Å². The summed E-state index contributed by atoms with van der Waals surface area (Å²) in [7, 11) is 0. The van der Waals surface area contributed by atoms with Crippen molar-refractivity contribution in [1.29, 1.82) is 0 Å². The molecule has 1 aromatic heterocycles. The molecule has 0 saturated carbocycles. The van der Waals surface area contributed by atoms with Gasteiger partial charge >= 0.3 is 6.03 Å². The molecular weight excluding hydrogens is 226 g/mol. The number of carbonyl (C=O) groups excluding carboxylic acids is 1. The van der Waals surface area contributed by atoms with Crippen LogP contribution >= 0.6 is 11.6 Å². The Kier molecular flexibility index (Phi) is 4.12. The lowest BCUT2D eigenvalue weighted by atomic mass is 10.1. The molecule has 0 aliphatic carbocycles. The number of carbonyl (C=O) groups is 1. The number of hydrogen-bond donors (Lipinski definition) is 2. The largest absolute Gasteiger partial charge is 0.332 e. The highest BCUT2D eigenvalue weighted by Gasteiger charge is 2.19. The normalized spacial score (nSPS) is 11.0. The van der Waals surface area contributed by atoms with Crippen molar-refractivity contribution in [3.63, 3.8) is 0 Å². The number of rotatable bonds is 3. The Morgan fingerprint density at radius 2 is 2.25 bits per heavy atom. The lowest BCUT2D eigenvalue weighted by Crippen LogP contribution is -2.46. The van der Waals surface area contributed by atoms with E-state index < -0.39 is 5.54 Å². The molecule has 0 fully saturated rings. The molecule has 0 aliphatic rings. The Bertz CT molecular complexity index is 379. The van der Waals surface area contributed by atoms with Gasteiger partial charge in [-0.15, -0.1) is 11.6 Å². The molecule has 1 aromatic rings. The molecule has 5 heteroatoms. The van der Waals surface area contributed by atoms with E-state index in [2.05, 4.69) is 15.6 Å². The fourth-order valence-electron chi connectivity index (χ4n) is 1.09. The molecule has 0 atom stereocenters. The molecule has 88 valence electrons. The van der Waals surface area contributed by atoms with E-state index in [4.69, 9.17) is 11.6 Å². The second-order valence-corrected chi connectivity index (χ2v) is 4.55. The van der Waals surface area contributed by atoms with Gasteiger partial charge in [-0.25, -0.2) is 4.79 Å². The monoisotopic (exact) mass is 241 g/mol. The van der Waals surface area contributed by atoms with Crippen LogP contribution in [0.5, 0.6) is 0 Å². The number of nitrogens with zero attached hydrogens (tertiary/aromatic N) is 1. The highest BCUT2D eigenvalue weighted by Crippen LogP contribution is 2.12. The molecule has 0 radical (unpaired) electrons. The minimum Gasteiger partial charge on any atom is -0.332 e. The summed E-state index contributed by atoms with van der Waals surface area (Å²) < 4.78 is 0. The average molecular weight is 242 g/mol. The van der Waals surface area contributed by atoms with Crippen LogP contribution in [0.15, 0.2) is 18.5 Å². The summed E-state index contributed by atoms with van der Waals surface area (Å²) >= 11 is 5.72. The maximum absolute atomic E-state index is 11.6. The zero-order valence-corrected chi connectivity index (χ0v) is 10.4. The van der Waals surface area contributed by atoms with Gasteiger partial charge in [0.15, 0.2) is 0 Å². The first-order valence-electron chi connectivity index (χ1n) is 5.00. The van der Waals surface area contributed by atoms with Crippen LogP contribution in [0.3, 0.4) is 0 Å². The van der Waals surface area contributed by atoms with E-state index in [1.54, 1.807) is 12.4 Å². The summed E-state index contributed by atoms with van der Waals surface area (Å²) in [5.74, 6) is 0.354. The Hall–Kier alpha value is -1.29. The van der Waals surface area contributed by atoms with Crippen LogP contribution in [0, 0.1) is 6.92 Å². The van der Waals surface area contributed by atoms with Crippen molar-refractivity contribution in [2.24, 2.45) is 0 Å². The number of pyridine rings is 1. The van der Waals surface area contributed by atoms with Crippen molar-refractivity contribution in [2.45, 2.75) is 26.3 Å². The van der Waals surface area contributed by atoms with Crippen LogP contribution < -0.4 is 10.6 Å². The van der Waals surface area contributed by atoms with Gasteiger partial charge in [0.25, 0.3) is 0 Å². The van der Waals surface area contributed by atoms with Crippen molar-refractivity contribution < 1.29 is 4.79 Å². The predicted octanol–water partition coefficient (Wildman–Crippen LogP) is 2.53. The number of urea groups is 1. The Balaban J connectivity index is 2.62. The Morgan fingerprint density at radius 1 is 1.56 bits per heavy atom. The topological polar surface area (TPSA) is 54.0 Å². The molecule has 0 spiro atoms. The molecule has 4 nitrogen and oxygen atoms in total. The van der Waals surface area contributed by atoms with Gasteiger partial charge in [-0.1, -0.05) is 0 Å². The first kappa shape index (κ1) is 12.8. The number of anilines is 1. The van der Waals surface area contributed by atoms with Gasteiger partial charge in [0, 0.05) is 17.6 Å². The zero-order valence-electron chi connectivity index (χ0n) is 9.67. The number of alkyl halides is 1. The summed E-state index contributed by atoms with van der Waals surface area (Å²) in [6.45, 7) is 5.62. The first-order chi connectivity index (χ1) is 7.44. The van der Waals surface area contributed by atoms with E-state index >= 15 is 0 Å². The van der Waals surface area contributed by atoms with Gasteiger partial charge in [0.2, 0.25) is 0 Å². The van der Waals surface area contributed by atoms with Gasteiger partial charge < -0.3 is 10.6 Å². The molecule has 16 heavy (non-hydrogen) atoms. The second-order valence-electron chi connectivity index (χ2n) is 4.29. The summed E-state index contributed by atoms with van der Waals surface area (Å²) in [4.78, 5) is 15.6. The highest BCUT2D eigenvalue weighted by molar-refractivity contribution is 6.18. The molecule has 1 heterocycles. The lowest BCUT2D eigenvalue weighted by Gasteiger charge is -2.23. The van der Waals surface area contributed by atoms with Gasteiger partial charge in [-0.3, -0.25) is 4.98 Å². The molecule has 0 unspecified atom stereocenters. The third kappa shape index (κ3) is 3.70. The van der Waals surface area contributed by atoms with Crippen molar-refractivity contribution in [2.75, 3.05) is 11.2 Å². The summed E-state index contributed by atoms with van der Waals surface area (Å²) in [6.07, 6.45) is 3.30. The zero-order chi connectivity index (χ0) is 12.2. The fourth-order valence-corrected chi connectivity index (χ4v) is 1.16. The van der Waals surface area contributed by atoms with Crippen LogP contribution in [0.1, 0.15) is 19.4 Å². The third-order valence-corrected chi connectivity index (χ3v) is 2.74. The van der Waals surface area contributed by atoms with Crippen LogP contribution in [0.4, 0.5) is 10.5 Å². The highest BCUT2D eigenvalue weighted by atomic mass is 35.5. The molecule has 2 N–H and O–H groups in total. The van der Waals surface area contributed by atoms with E-state index in [0.717, 1.165) is 5.56 Å². The van der Waals surface area contributed by atoms with Gasteiger partial charge in [-0.05, 0) is 32.4 Å². The molecular formula is C11H16ClN3O. The van der Waals surface area contributed by atoms with Crippen molar-refractivity contribution in [3.8, 4) is 0 Å². The number of aromatic nitrogens is 1. The number of amides is 2. The maximum Gasteiger partial charge on any atom is 0.319 e. The summed E-state index contributed by atoms with van der Waals surface area (Å²) in [5.41, 5.74) is 1.24. The number of aryl methyl sites for hydroxylation is 1. The van der Waals surface area contributed by atoms with E-state index in [-0.39, 0.29) is 6.03 Å². The van der Waals surface area contributed by atoms with E-state index in [1.807, 2.05) is 26.8 Å². The molecule has 1 rings (SSSR count). The van der Waals surface area contributed by atoms with Crippen LogP contribution in [0.2, 0.25) is 0 Å². The lowest BCUT2D eigenvalue weighted by molar-refractivity contribution is 0.244. The first-order valence-corrected chi connectivity index (χ1v) is 5.54. The smallest absolute Gasteiger partial charge is 0.319 e. The molecule has 0 saturated heterocycles.